The topological polar surface area (TPSA) is 46.9 Å². The molecule has 0 fully saturated rings. The monoisotopic (exact) mass is 325 g/mol. The highest BCUT2D eigenvalue weighted by Crippen LogP contribution is 2.29. The van der Waals surface area contributed by atoms with E-state index in [1.54, 1.807) is 17.9 Å². The molecule has 1 N–H and O–H groups in total. The zero-order chi connectivity index (χ0) is 17.0. The van der Waals surface area contributed by atoms with Gasteiger partial charge in [-0.05, 0) is 24.1 Å². The van der Waals surface area contributed by atoms with E-state index in [1.165, 1.54) is 12.1 Å². The zero-order valence-electron chi connectivity index (χ0n) is 12.9. The predicted molar refractivity (Wildman–Crippen MR) is 79.5 cm³/mol. The number of hydrogen-bond acceptors (Lipinski definition) is 2. The van der Waals surface area contributed by atoms with Crippen LogP contribution in [0.4, 0.5) is 13.2 Å². The molecule has 0 aliphatic heterocycles. The molecule has 1 atom stereocenters. The highest BCUT2D eigenvalue weighted by Gasteiger charge is 2.30. The van der Waals surface area contributed by atoms with Gasteiger partial charge in [-0.25, -0.2) is 0 Å². The van der Waals surface area contributed by atoms with Crippen molar-refractivity contribution in [2.75, 3.05) is 0 Å². The standard InChI is InChI=1S/C16H18F3N3O/c1-3-14(12-9-20-22(2)10-12)21-15(23)8-11-4-6-13(7-5-11)16(17,18)19/h4-7,9-10,14H,3,8H2,1-2H3,(H,21,23)/t14-/m0/s1. The number of carbonyl (C=O) groups is 1. The summed E-state index contributed by atoms with van der Waals surface area (Å²) >= 11 is 0. The van der Waals surface area contributed by atoms with Crippen molar-refractivity contribution >= 4 is 5.91 Å². The maximum Gasteiger partial charge on any atom is 0.416 e. The number of aryl methyl sites for hydroxylation is 1. The average molecular weight is 325 g/mol. The van der Waals surface area contributed by atoms with Gasteiger partial charge in [0, 0.05) is 18.8 Å². The van der Waals surface area contributed by atoms with Crippen molar-refractivity contribution < 1.29 is 18.0 Å². The van der Waals surface area contributed by atoms with Crippen molar-refractivity contribution in [2.45, 2.75) is 32.0 Å². The summed E-state index contributed by atoms with van der Waals surface area (Å²) < 4.78 is 39.2. The molecular weight excluding hydrogens is 307 g/mol. The highest BCUT2D eigenvalue weighted by atomic mass is 19.4. The molecule has 0 unspecified atom stereocenters. The maximum atomic E-state index is 12.5. The summed E-state index contributed by atoms with van der Waals surface area (Å²) in [5.74, 6) is -0.236. The van der Waals surface area contributed by atoms with Gasteiger partial charge in [0.25, 0.3) is 0 Å². The van der Waals surface area contributed by atoms with Crippen LogP contribution in [0.1, 0.15) is 36.1 Å². The molecule has 124 valence electrons. The third-order valence-corrected chi connectivity index (χ3v) is 3.52. The van der Waals surface area contributed by atoms with Crippen LogP contribution in [0.25, 0.3) is 0 Å². The molecule has 0 saturated heterocycles. The van der Waals surface area contributed by atoms with Gasteiger partial charge in [-0.2, -0.15) is 18.3 Å². The van der Waals surface area contributed by atoms with E-state index in [0.717, 1.165) is 17.7 Å². The second-order valence-corrected chi connectivity index (χ2v) is 5.35. The lowest BCUT2D eigenvalue weighted by Gasteiger charge is -2.15. The first-order valence-electron chi connectivity index (χ1n) is 7.23. The van der Waals surface area contributed by atoms with Gasteiger partial charge in [0.05, 0.1) is 24.2 Å². The molecule has 0 radical (unpaired) electrons. The smallest absolute Gasteiger partial charge is 0.349 e. The highest BCUT2D eigenvalue weighted by molar-refractivity contribution is 5.79. The minimum Gasteiger partial charge on any atom is -0.349 e. The van der Waals surface area contributed by atoms with Crippen LogP contribution in [0.3, 0.4) is 0 Å². The molecule has 23 heavy (non-hydrogen) atoms. The third-order valence-electron chi connectivity index (χ3n) is 3.52. The Morgan fingerprint density at radius 2 is 1.96 bits per heavy atom. The summed E-state index contributed by atoms with van der Waals surface area (Å²) in [6, 6.07) is 4.47. The van der Waals surface area contributed by atoms with Gasteiger partial charge in [-0.1, -0.05) is 19.1 Å². The van der Waals surface area contributed by atoms with Crippen LogP contribution < -0.4 is 5.32 Å². The fraction of sp³-hybridized carbons (Fsp3) is 0.375. The van der Waals surface area contributed by atoms with E-state index in [4.69, 9.17) is 0 Å². The lowest BCUT2D eigenvalue weighted by molar-refractivity contribution is -0.137. The van der Waals surface area contributed by atoms with E-state index >= 15 is 0 Å². The Morgan fingerprint density at radius 3 is 2.43 bits per heavy atom. The van der Waals surface area contributed by atoms with E-state index < -0.39 is 11.7 Å². The van der Waals surface area contributed by atoms with Gasteiger partial charge in [-0.15, -0.1) is 0 Å². The number of halogens is 3. The summed E-state index contributed by atoms with van der Waals surface area (Å²) in [5, 5.41) is 6.94. The molecule has 2 rings (SSSR count). The first-order valence-corrected chi connectivity index (χ1v) is 7.23. The van der Waals surface area contributed by atoms with Crippen LogP contribution >= 0.6 is 0 Å². The number of aromatic nitrogens is 2. The Kier molecular flexibility index (Phi) is 5.08. The van der Waals surface area contributed by atoms with Crippen molar-refractivity contribution in [1.82, 2.24) is 15.1 Å². The number of carbonyl (C=O) groups excluding carboxylic acids is 1. The lowest BCUT2D eigenvalue weighted by Crippen LogP contribution is -2.29. The largest absolute Gasteiger partial charge is 0.416 e. The molecule has 0 bridgehead atoms. The molecule has 1 amide bonds. The average Bonchev–Trinajstić information content (AvgIpc) is 2.91. The second-order valence-electron chi connectivity index (χ2n) is 5.35. The van der Waals surface area contributed by atoms with Crippen molar-refractivity contribution in [3.63, 3.8) is 0 Å². The Balaban J connectivity index is 1.98. The number of hydrogen-bond donors (Lipinski definition) is 1. The van der Waals surface area contributed by atoms with Crippen LogP contribution in [-0.4, -0.2) is 15.7 Å². The normalized spacial score (nSPS) is 12.9. The van der Waals surface area contributed by atoms with Gasteiger partial charge in [0.2, 0.25) is 5.91 Å². The molecule has 0 saturated carbocycles. The molecule has 1 heterocycles. The van der Waals surface area contributed by atoms with Crippen LogP contribution in [0.5, 0.6) is 0 Å². The molecule has 0 aliphatic rings. The van der Waals surface area contributed by atoms with Crippen LogP contribution in [0, 0.1) is 0 Å². The van der Waals surface area contributed by atoms with Crippen molar-refractivity contribution in [3.05, 3.63) is 53.3 Å². The van der Waals surface area contributed by atoms with Crippen LogP contribution in [0.2, 0.25) is 0 Å². The van der Waals surface area contributed by atoms with E-state index in [-0.39, 0.29) is 18.4 Å². The third kappa shape index (κ3) is 4.58. The van der Waals surface area contributed by atoms with Crippen LogP contribution in [-0.2, 0) is 24.4 Å². The molecule has 4 nitrogen and oxygen atoms in total. The Morgan fingerprint density at radius 1 is 1.30 bits per heavy atom. The first-order chi connectivity index (χ1) is 10.8. The van der Waals surface area contributed by atoms with Gasteiger partial charge in [-0.3, -0.25) is 9.48 Å². The fourth-order valence-corrected chi connectivity index (χ4v) is 2.28. The fourth-order valence-electron chi connectivity index (χ4n) is 2.28. The number of nitrogens with zero attached hydrogens (tertiary/aromatic N) is 2. The molecule has 7 heteroatoms. The number of rotatable bonds is 5. The number of benzene rings is 1. The quantitative estimate of drug-likeness (QED) is 0.917. The van der Waals surface area contributed by atoms with Gasteiger partial charge in [0.15, 0.2) is 0 Å². The van der Waals surface area contributed by atoms with Crippen molar-refractivity contribution in [1.29, 1.82) is 0 Å². The Hall–Kier alpha value is -2.31. The minimum atomic E-state index is -4.37. The van der Waals surface area contributed by atoms with E-state index in [1.807, 2.05) is 13.1 Å². The Bertz CT molecular complexity index is 662. The van der Waals surface area contributed by atoms with Gasteiger partial charge < -0.3 is 5.32 Å². The summed E-state index contributed by atoms with van der Waals surface area (Å²) in [6.07, 6.45) is -0.118. The first kappa shape index (κ1) is 17.1. The maximum absolute atomic E-state index is 12.5. The second kappa shape index (κ2) is 6.85. The summed E-state index contributed by atoms with van der Waals surface area (Å²) in [6.45, 7) is 1.94. The lowest BCUT2D eigenvalue weighted by atomic mass is 10.1. The minimum absolute atomic E-state index is 0.0366. The van der Waals surface area contributed by atoms with E-state index in [0.29, 0.717) is 12.0 Å². The van der Waals surface area contributed by atoms with Crippen LogP contribution in [0.15, 0.2) is 36.7 Å². The Labute approximate surface area is 132 Å². The predicted octanol–water partition coefficient (Wildman–Crippen LogP) is 3.25. The molecule has 1 aromatic carbocycles. The van der Waals surface area contributed by atoms with Crippen molar-refractivity contribution in [2.24, 2.45) is 7.05 Å². The summed E-state index contributed by atoms with van der Waals surface area (Å²) in [5.41, 5.74) is 0.718. The molecule has 1 aromatic heterocycles. The summed E-state index contributed by atoms with van der Waals surface area (Å²) in [7, 11) is 1.79. The van der Waals surface area contributed by atoms with Gasteiger partial charge >= 0.3 is 6.18 Å². The number of nitrogens with one attached hydrogen (secondary N) is 1. The number of alkyl halides is 3. The number of amides is 1. The SMILES string of the molecule is CC[C@H](NC(=O)Cc1ccc(C(F)(F)F)cc1)c1cnn(C)c1. The van der Waals surface area contributed by atoms with Crippen molar-refractivity contribution in [3.8, 4) is 0 Å². The summed E-state index contributed by atoms with van der Waals surface area (Å²) in [4.78, 5) is 12.1. The zero-order valence-corrected chi connectivity index (χ0v) is 12.9. The van der Waals surface area contributed by atoms with Gasteiger partial charge in [0.1, 0.15) is 0 Å². The van der Waals surface area contributed by atoms with E-state index in [9.17, 15) is 18.0 Å². The molecule has 2 aromatic rings. The molecule has 0 aliphatic carbocycles. The molecular formula is C16H18F3N3O. The van der Waals surface area contributed by atoms with E-state index in [2.05, 4.69) is 10.4 Å². The molecule has 0 spiro atoms.